The SMILES string of the molecule is O=C1C2CC3=C(CCCC3)CC2C(=O)C2CC3=C(CCCC3)CC12. The highest BCUT2D eigenvalue weighted by molar-refractivity contribution is 6.00. The molecule has 0 heterocycles. The standard InChI is InChI=1S/C22H28O2/c23-21-17-9-13-5-1-2-6-14(13)10-18(17)22(24)20-12-16-8-4-3-7-15(16)11-19(20)21/h17-20H,1-12H2. The van der Waals surface area contributed by atoms with E-state index in [0.29, 0.717) is 11.6 Å². The number of fused-ring (bicyclic) bond motifs is 2. The maximum Gasteiger partial charge on any atom is 0.141 e. The summed E-state index contributed by atoms with van der Waals surface area (Å²) in [5, 5.41) is 0. The van der Waals surface area contributed by atoms with E-state index in [0.717, 1.165) is 25.7 Å². The number of carbonyl (C=O) groups is 2. The van der Waals surface area contributed by atoms with Crippen molar-refractivity contribution in [2.75, 3.05) is 0 Å². The Balaban J connectivity index is 1.47. The highest BCUT2D eigenvalue weighted by Crippen LogP contribution is 2.52. The van der Waals surface area contributed by atoms with Gasteiger partial charge in [0.1, 0.15) is 11.6 Å². The zero-order chi connectivity index (χ0) is 16.3. The summed E-state index contributed by atoms with van der Waals surface area (Å²) in [5.41, 5.74) is 6.21. The van der Waals surface area contributed by atoms with Crippen molar-refractivity contribution in [1.82, 2.24) is 0 Å². The van der Waals surface area contributed by atoms with E-state index >= 15 is 0 Å². The molecule has 0 radical (unpaired) electrons. The number of carbonyl (C=O) groups excluding carboxylic acids is 2. The molecule has 0 spiro atoms. The number of hydrogen-bond donors (Lipinski definition) is 0. The van der Waals surface area contributed by atoms with Crippen molar-refractivity contribution in [3.8, 4) is 0 Å². The quantitative estimate of drug-likeness (QED) is 0.592. The number of Topliss-reactive ketones (excluding diaryl/α,β-unsaturated/α-hetero) is 2. The van der Waals surface area contributed by atoms with Crippen LogP contribution >= 0.6 is 0 Å². The van der Waals surface area contributed by atoms with E-state index in [9.17, 15) is 9.59 Å². The molecule has 0 aromatic carbocycles. The van der Waals surface area contributed by atoms with Crippen molar-refractivity contribution in [2.24, 2.45) is 23.7 Å². The first-order valence-electron chi connectivity index (χ1n) is 10.2. The minimum absolute atomic E-state index is 0.0290. The van der Waals surface area contributed by atoms with E-state index in [2.05, 4.69) is 0 Å². The van der Waals surface area contributed by atoms with Crippen LogP contribution in [0.5, 0.6) is 0 Å². The molecular weight excluding hydrogens is 296 g/mol. The molecule has 4 unspecified atom stereocenters. The van der Waals surface area contributed by atoms with Crippen LogP contribution in [-0.2, 0) is 9.59 Å². The summed E-state index contributed by atoms with van der Waals surface area (Å²) in [6.45, 7) is 0. The van der Waals surface area contributed by atoms with Crippen molar-refractivity contribution in [3.63, 3.8) is 0 Å². The second-order valence-corrected chi connectivity index (χ2v) is 8.88. The molecule has 1 saturated carbocycles. The lowest BCUT2D eigenvalue weighted by molar-refractivity contribution is -0.148. The lowest BCUT2D eigenvalue weighted by Crippen LogP contribution is -2.50. The van der Waals surface area contributed by atoms with Crippen LogP contribution in [0, 0.1) is 23.7 Å². The molecule has 4 atom stereocenters. The van der Waals surface area contributed by atoms with E-state index in [1.54, 1.807) is 22.3 Å². The summed E-state index contributed by atoms with van der Waals surface area (Å²) in [6, 6.07) is 0. The summed E-state index contributed by atoms with van der Waals surface area (Å²) in [5.74, 6) is 1.03. The predicted octanol–water partition coefficient (Wildman–Crippen LogP) is 4.93. The van der Waals surface area contributed by atoms with Crippen LogP contribution in [0.1, 0.15) is 77.0 Å². The minimum atomic E-state index is 0.0290. The Morgan fingerprint density at radius 3 is 0.958 bits per heavy atom. The van der Waals surface area contributed by atoms with Gasteiger partial charge in [-0.15, -0.1) is 0 Å². The van der Waals surface area contributed by atoms with Crippen LogP contribution in [0.4, 0.5) is 0 Å². The topological polar surface area (TPSA) is 34.1 Å². The molecule has 5 aliphatic carbocycles. The van der Waals surface area contributed by atoms with Gasteiger partial charge in [-0.05, 0) is 77.0 Å². The lowest BCUT2D eigenvalue weighted by atomic mass is 9.55. The minimum Gasteiger partial charge on any atom is -0.299 e. The molecule has 0 aliphatic heterocycles. The number of allylic oxidation sites excluding steroid dienone is 4. The van der Waals surface area contributed by atoms with Crippen LogP contribution in [0.3, 0.4) is 0 Å². The first kappa shape index (κ1) is 15.1. The Bertz CT molecular complexity index is 555. The summed E-state index contributed by atoms with van der Waals surface area (Å²) in [4.78, 5) is 26.6. The van der Waals surface area contributed by atoms with Crippen LogP contribution in [-0.4, -0.2) is 11.6 Å². The van der Waals surface area contributed by atoms with Crippen LogP contribution in [0.25, 0.3) is 0 Å². The molecule has 5 rings (SSSR count). The average Bonchev–Trinajstić information content (AvgIpc) is 2.64. The van der Waals surface area contributed by atoms with Gasteiger partial charge in [-0.1, -0.05) is 22.3 Å². The Hall–Kier alpha value is -1.18. The van der Waals surface area contributed by atoms with Gasteiger partial charge in [-0.25, -0.2) is 0 Å². The largest absolute Gasteiger partial charge is 0.299 e. The van der Waals surface area contributed by atoms with Gasteiger partial charge < -0.3 is 0 Å². The molecule has 24 heavy (non-hydrogen) atoms. The molecule has 128 valence electrons. The molecule has 2 nitrogen and oxygen atoms in total. The third kappa shape index (κ3) is 2.21. The van der Waals surface area contributed by atoms with Crippen molar-refractivity contribution >= 4 is 11.6 Å². The van der Waals surface area contributed by atoms with E-state index < -0.39 is 0 Å². The number of hydrogen-bond acceptors (Lipinski definition) is 2. The van der Waals surface area contributed by atoms with Gasteiger partial charge in [0.15, 0.2) is 0 Å². The average molecular weight is 324 g/mol. The highest BCUT2D eigenvalue weighted by atomic mass is 16.1. The number of rotatable bonds is 0. The van der Waals surface area contributed by atoms with Gasteiger partial charge in [-0.2, -0.15) is 0 Å². The molecule has 0 aromatic rings. The predicted molar refractivity (Wildman–Crippen MR) is 93.4 cm³/mol. The zero-order valence-corrected chi connectivity index (χ0v) is 14.6. The molecule has 0 saturated heterocycles. The van der Waals surface area contributed by atoms with E-state index in [4.69, 9.17) is 0 Å². The van der Waals surface area contributed by atoms with Gasteiger partial charge in [0.05, 0.1) is 0 Å². The molecule has 5 aliphatic rings. The molecule has 0 aromatic heterocycles. The van der Waals surface area contributed by atoms with Gasteiger partial charge in [0, 0.05) is 23.7 Å². The van der Waals surface area contributed by atoms with E-state index in [1.807, 2.05) is 0 Å². The molecule has 0 amide bonds. The van der Waals surface area contributed by atoms with E-state index in [1.165, 1.54) is 51.4 Å². The smallest absolute Gasteiger partial charge is 0.141 e. The van der Waals surface area contributed by atoms with Crippen LogP contribution in [0.2, 0.25) is 0 Å². The summed E-state index contributed by atoms with van der Waals surface area (Å²) in [6.07, 6.45) is 13.5. The Morgan fingerprint density at radius 1 is 0.458 bits per heavy atom. The van der Waals surface area contributed by atoms with Crippen LogP contribution < -0.4 is 0 Å². The maximum atomic E-state index is 13.3. The fourth-order valence-corrected chi connectivity index (χ4v) is 6.42. The van der Waals surface area contributed by atoms with Gasteiger partial charge in [-0.3, -0.25) is 9.59 Å². The van der Waals surface area contributed by atoms with Crippen molar-refractivity contribution in [3.05, 3.63) is 22.3 Å². The third-order valence-electron chi connectivity index (χ3n) is 7.71. The molecule has 0 N–H and O–H groups in total. The number of ketones is 2. The molecular formula is C22H28O2. The van der Waals surface area contributed by atoms with Gasteiger partial charge in [0.25, 0.3) is 0 Å². The lowest BCUT2D eigenvalue weighted by Gasteiger charge is -2.46. The normalized spacial score (nSPS) is 39.2. The zero-order valence-electron chi connectivity index (χ0n) is 14.6. The third-order valence-corrected chi connectivity index (χ3v) is 7.71. The van der Waals surface area contributed by atoms with Crippen molar-refractivity contribution in [1.29, 1.82) is 0 Å². The monoisotopic (exact) mass is 324 g/mol. The van der Waals surface area contributed by atoms with Crippen molar-refractivity contribution < 1.29 is 9.59 Å². The molecule has 1 fully saturated rings. The summed E-state index contributed by atoms with van der Waals surface area (Å²) < 4.78 is 0. The second-order valence-electron chi connectivity index (χ2n) is 8.88. The fraction of sp³-hybridized carbons (Fsp3) is 0.727. The van der Waals surface area contributed by atoms with E-state index in [-0.39, 0.29) is 23.7 Å². The first-order chi connectivity index (χ1) is 11.7. The summed E-state index contributed by atoms with van der Waals surface area (Å²) >= 11 is 0. The molecule has 0 bridgehead atoms. The van der Waals surface area contributed by atoms with Gasteiger partial charge >= 0.3 is 0 Å². The first-order valence-corrected chi connectivity index (χ1v) is 10.2. The summed E-state index contributed by atoms with van der Waals surface area (Å²) in [7, 11) is 0. The Labute approximate surface area is 144 Å². The van der Waals surface area contributed by atoms with Gasteiger partial charge in [0.2, 0.25) is 0 Å². The fourth-order valence-electron chi connectivity index (χ4n) is 6.42. The Kier molecular flexibility index (Phi) is 3.57. The maximum absolute atomic E-state index is 13.3. The highest BCUT2D eigenvalue weighted by Gasteiger charge is 2.52. The second kappa shape index (κ2) is 5.68. The molecule has 2 heteroatoms. The van der Waals surface area contributed by atoms with Crippen LogP contribution in [0.15, 0.2) is 22.3 Å². The Morgan fingerprint density at radius 2 is 0.708 bits per heavy atom. The van der Waals surface area contributed by atoms with Crippen molar-refractivity contribution in [2.45, 2.75) is 77.0 Å².